The molecule has 2 nitrogen and oxygen atoms in total. The maximum absolute atomic E-state index is 8.90. The average molecular weight is 200 g/mol. The first-order valence-corrected chi connectivity index (χ1v) is 5.11. The zero-order valence-electron chi connectivity index (χ0n) is 8.21. The highest BCUT2D eigenvalue weighted by Crippen LogP contribution is 2.59. The van der Waals surface area contributed by atoms with Gasteiger partial charge in [0.2, 0.25) is 0 Å². The first-order chi connectivity index (χ1) is 7.39. The summed E-state index contributed by atoms with van der Waals surface area (Å²) >= 11 is 0. The zero-order chi connectivity index (χ0) is 10.3. The largest absolute Gasteiger partial charge is 0.251 e. The minimum absolute atomic E-state index is 0.130. The maximum atomic E-state index is 8.90. The molecule has 0 bridgehead atoms. The molecule has 2 aliphatic rings. The van der Waals surface area contributed by atoms with Gasteiger partial charge in [0.25, 0.3) is 0 Å². The Morgan fingerprint density at radius 1 is 1.13 bits per heavy atom. The molecule has 15 heavy (non-hydrogen) atoms. The van der Waals surface area contributed by atoms with E-state index in [4.69, 9.17) is 5.26 Å². The zero-order valence-corrected chi connectivity index (χ0v) is 8.21. The number of benzene rings is 1. The van der Waals surface area contributed by atoms with Crippen molar-refractivity contribution in [2.24, 2.45) is 5.92 Å². The van der Waals surface area contributed by atoms with Gasteiger partial charge in [-0.25, -0.2) is 4.89 Å². The number of hydrogen-bond donors (Lipinski definition) is 1. The van der Waals surface area contributed by atoms with Crippen molar-refractivity contribution < 1.29 is 10.1 Å². The van der Waals surface area contributed by atoms with Crippen LogP contribution in [-0.2, 0) is 10.3 Å². The number of rotatable bonds is 2. The van der Waals surface area contributed by atoms with E-state index < -0.39 is 0 Å². The molecule has 0 radical (unpaired) electrons. The van der Waals surface area contributed by atoms with Crippen LogP contribution in [0.2, 0.25) is 0 Å². The molecule has 3 atom stereocenters. The second-order valence-corrected chi connectivity index (χ2v) is 4.09. The first kappa shape index (κ1) is 8.89. The van der Waals surface area contributed by atoms with Crippen molar-refractivity contribution in [3.05, 3.63) is 60.2 Å². The summed E-state index contributed by atoms with van der Waals surface area (Å²) in [6, 6.07) is 10.2. The Bertz CT molecular complexity index is 421. The number of allylic oxidation sites excluding steroid dienone is 2. The normalized spacial score (nSPS) is 36.3. The predicted octanol–water partition coefficient (Wildman–Crippen LogP) is 2.54. The van der Waals surface area contributed by atoms with Gasteiger partial charge in [-0.15, -0.1) is 0 Å². The Morgan fingerprint density at radius 2 is 1.93 bits per heavy atom. The van der Waals surface area contributed by atoms with Crippen LogP contribution < -0.4 is 0 Å². The summed E-state index contributed by atoms with van der Waals surface area (Å²) in [5.74, 6) is 0.273. The lowest BCUT2D eigenvalue weighted by Crippen LogP contribution is -2.11. The van der Waals surface area contributed by atoms with E-state index >= 15 is 0 Å². The maximum Gasteiger partial charge on any atom is 0.114 e. The third-order valence-electron chi connectivity index (χ3n) is 3.43. The van der Waals surface area contributed by atoms with Crippen LogP contribution in [-0.4, -0.2) is 11.4 Å². The van der Waals surface area contributed by atoms with E-state index in [0.29, 0.717) is 0 Å². The predicted molar refractivity (Wildman–Crippen MR) is 57.4 cm³/mol. The van der Waals surface area contributed by atoms with Gasteiger partial charge in [0.05, 0.1) is 5.41 Å². The summed E-state index contributed by atoms with van der Waals surface area (Å²) in [6.07, 6.45) is 8.10. The summed E-state index contributed by atoms with van der Waals surface area (Å²) in [7, 11) is 0. The van der Waals surface area contributed by atoms with E-state index in [1.54, 1.807) is 0 Å². The molecule has 1 aromatic rings. The molecule has 0 amide bonds. The fourth-order valence-corrected chi connectivity index (χ4v) is 2.60. The van der Waals surface area contributed by atoms with E-state index in [9.17, 15) is 0 Å². The van der Waals surface area contributed by atoms with Crippen molar-refractivity contribution in [1.82, 2.24) is 0 Å². The standard InChI is InChI=1S/C13H12O2/c14-15-12-11-8-4-5-9-13(11,12)10-6-2-1-3-7-10/h1-9,11-12,14H. The summed E-state index contributed by atoms with van der Waals surface area (Å²) in [5.41, 5.74) is 1.07. The SMILES string of the molecule is OOC1C2C=CC=CC21c1ccccc1. The van der Waals surface area contributed by atoms with Crippen molar-refractivity contribution >= 4 is 0 Å². The van der Waals surface area contributed by atoms with Crippen LogP contribution in [0.25, 0.3) is 0 Å². The molecule has 3 rings (SSSR count). The van der Waals surface area contributed by atoms with Crippen LogP contribution in [0.4, 0.5) is 0 Å². The molecule has 0 aliphatic heterocycles. The van der Waals surface area contributed by atoms with Gasteiger partial charge in [0, 0.05) is 5.92 Å². The second kappa shape index (κ2) is 3.05. The highest BCUT2D eigenvalue weighted by Gasteiger charge is 2.65. The Hall–Kier alpha value is -1.38. The molecular weight excluding hydrogens is 188 g/mol. The van der Waals surface area contributed by atoms with E-state index in [1.807, 2.05) is 30.4 Å². The van der Waals surface area contributed by atoms with Crippen molar-refractivity contribution in [2.75, 3.05) is 0 Å². The van der Waals surface area contributed by atoms with E-state index in [2.05, 4.69) is 29.2 Å². The monoisotopic (exact) mass is 200 g/mol. The van der Waals surface area contributed by atoms with Crippen LogP contribution in [0.3, 0.4) is 0 Å². The van der Waals surface area contributed by atoms with Crippen LogP contribution in [0.1, 0.15) is 5.56 Å². The fourth-order valence-electron chi connectivity index (χ4n) is 2.60. The third-order valence-corrected chi connectivity index (χ3v) is 3.43. The van der Waals surface area contributed by atoms with Gasteiger partial charge < -0.3 is 0 Å². The number of hydrogen-bond acceptors (Lipinski definition) is 2. The van der Waals surface area contributed by atoms with Crippen molar-refractivity contribution in [3.8, 4) is 0 Å². The lowest BCUT2D eigenvalue weighted by atomic mass is 9.90. The number of fused-ring (bicyclic) bond motifs is 1. The highest BCUT2D eigenvalue weighted by molar-refractivity contribution is 5.49. The molecule has 2 heteroatoms. The Labute approximate surface area is 88.4 Å². The Balaban J connectivity index is 2.05. The second-order valence-electron chi connectivity index (χ2n) is 4.09. The molecule has 1 fully saturated rings. The summed E-state index contributed by atoms with van der Waals surface area (Å²) < 4.78 is 0. The molecule has 3 unspecified atom stereocenters. The molecule has 1 saturated carbocycles. The van der Waals surface area contributed by atoms with E-state index in [-0.39, 0.29) is 17.4 Å². The van der Waals surface area contributed by atoms with Gasteiger partial charge in [-0.05, 0) is 5.56 Å². The van der Waals surface area contributed by atoms with E-state index in [0.717, 1.165) is 0 Å². The average Bonchev–Trinajstić information content (AvgIpc) is 2.99. The molecule has 1 aromatic carbocycles. The van der Waals surface area contributed by atoms with Crippen LogP contribution in [0, 0.1) is 5.92 Å². The third kappa shape index (κ3) is 1.06. The molecule has 2 aliphatic carbocycles. The van der Waals surface area contributed by atoms with Crippen molar-refractivity contribution in [3.63, 3.8) is 0 Å². The van der Waals surface area contributed by atoms with Crippen LogP contribution in [0.5, 0.6) is 0 Å². The lowest BCUT2D eigenvalue weighted by molar-refractivity contribution is -0.258. The molecule has 0 aromatic heterocycles. The topological polar surface area (TPSA) is 29.5 Å². The van der Waals surface area contributed by atoms with Gasteiger partial charge in [-0.2, -0.15) is 0 Å². The Kier molecular flexibility index (Phi) is 1.81. The summed E-state index contributed by atoms with van der Waals surface area (Å²) in [5, 5.41) is 8.90. The molecule has 1 N–H and O–H groups in total. The van der Waals surface area contributed by atoms with Crippen LogP contribution in [0.15, 0.2) is 54.6 Å². The minimum atomic E-state index is -0.134. The minimum Gasteiger partial charge on any atom is -0.251 e. The highest BCUT2D eigenvalue weighted by atomic mass is 17.1. The lowest BCUT2D eigenvalue weighted by Gasteiger charge is -2.13. The van der Waals surface area contributed by atoms with Gasteiger partial charge >= 0.3 is 0 Å². The van der Waals surface area contributed by atoms with Gasteiger partial charge in [0.1, 0.15) is 6.10 Å². The smallest absolute Gasteiger partial charge is 0.114 e. The molecule has 0 spiro atoms. The van der Waals surface area contributed by atoms with Crippen LogP contribution >= 0.6 is 0 Å². The molecule has 0 heterocycles. The first-order valence-electron chi connectivity index (χ1n) is 5.11. The van der Waals surface area contributed by atoms with Crippen molar-refractivity contribution in [2.45, 2.75) is 11.5 Å². The molecular formula is C13H12O2. The summed E-state index contributed by atoms with van der Waals surface area (Å²) in [6.45, 7) is 0. The quantitative estimate of drug-likeness (QED) is 0.587. The van der Waals surface area contributed by atoms with Crippen molar-refractivity contribution in [1.29, 1.82) is 0 Å². The van der Waals surface area contributed by atoms with Gasteiger partial charge in [0.15, 0.2) is 0 Å². The van der Waals surface area contributed by atoms with E-state index in [1.165, 1.54) is 5.56 Å². The summed E-state index contributed by atoms with van der Waals surface area (Å²) in [4.78, 5) is 4.56. The van der Waals surface area contributed by atoms with Gasteiger partial charge in [-0.3, -0.25) is 5.26 Å². The molecule has 0 saturated heterocycles. The molecule has 76 valence electrons. The fraction of sp³-hybridized carbons (Fsp3) is 0.231. The Morgan fingerprint density at radius 3 is 2.67 bits per heavy atom. The van der Waals surface area contributed by atoms with Gasteiger partial charge in [-0.1, -0.05) is 54.6 Å².